The minimum Gasteiger partial charge on any atom is -0.338 e. The van der Waals surface area contributed by atoms with E-state index < -0.39 is 0 Å². The number of aryl methyl sites for hydroxylation is 1. The van der Waals surface area contributed by atoms with Crippen molar-refractivity contribution in [2.24, 2.45) is 0 Å². The van der Waals surface area contributed by atoms with Crippen LogP contribution in [0.3, 0.4) is 0 Å². The molecule has 0 aliphatic carbocycles. The summed E-state index contributed by atoms with van der Waals surface area (Å²) in [4.78, 5) is 24.5. The summed E-state index contributed by atoms with van der Waals surface area (Å²) >= 11 is 0. The number of carbonyl (C=O) groups excluding carboxylic acids is 2. The van der Waals surface area contributed by atoms with Gasteiger partial charge in [-0.05, 0) is 18.1 Å². The molecule has 3 heteroatoms. The Hall–Kier alpha value is -1.64. The summed E-state index contributed by atoms with van der Waals surface area (Å²) < 4.78 is 0. The van der Waals surface area contributed by atoms with Gasteiger partial charge in [-0.25, -0.2) is 0 Å². The first-order valence-corrected chi connectivity index (χ1v) is 5.51. The lowest BCUT2D eigenvalue weighted by atomic mass is 10.1. The van der Waals surface area contributed by atoms with Crippen molar-refractivity contribution in [1.82, 2.24) is 4.90 Å². The standard InChI is InChI=1S/C13H15NO2/c1-10-4-2-3-5-11(10)9-14-7-6-12(15)8-13(14)16/h2-5H,6-9H2,1H3. The molecule has 0 bridgehead atoms. The zero-order valence-corrected chi connectivity index (χ0v) is 9.40. The third-order valence-electron chi connectivity index (χ3n) is 2.98. The molecule has 0 spiro atoms. The van der Waals surface area contributed by atoms with E-state index in [0.717, 1.165) is 5.56 Å². The van der Waals surface area contributed by atoms with Crippen molar-refractivity contribution >= 4 is 11.7 Å². The monoisotopic (exact) mass is 217 g/mol. The molecule has 1 aromatic carbocycles. The fraction of sp³-hybridized carbons (Fsp3) is 0.385. The number of hydrogen-bond acceptors (Lipinski definition) is 2. The van der Waals surface area contributed by atoms with Gasteiger partial charge in [0.15, 0.2) is 0 Å². The predicted octanol–water partition coefficient (Wildman–Crippen LogP) is 1.69. The Bertz CT molecular complexity index is 426. The molecule has 2 rings (SSSR count). The van der Waals surface area contributed by atoms with Crippen LogP contribution in [0.15, 0.2) is 24.3 Å². The van der Waals surface area contributed by atoms with Crippen LogP contribution in [0.4, 0.5) is 0 Å². The highest BCUT2D eigenvalue weighted by molar-refractivity contribution is 6.00. The number of likely N-dealkylation sites (tertiary alicyclic amines) is 1. The lowest BCUT2D eigenvalue weighted by Gasteiger charge is -2.26. The van der Waals surface area contributed by atoms with E-state index in [-0.39, 0.29) is 18.1 Å². The number of Topliss-reactive ketones (excluding diaryl/α,β-unsaturated/α-hetero) is 1. The Morgan fingerprint density at radius 3 is 2.69 bits per heavy atom. The van der Waals surface area contributed by atoms with E-state index >= 15 is 0 Å². The van der Waals surface area contributed by atoms with Crippen LogP contribution in [-0.4, -0.2) is 23.1 Å². The molecule has 0 aromatic heterocycles. The SMILES string of the molecule is Cc1ccccc1CN1CCC(=O)CC1=O. The third kappa shape index (κ3) is 2.30. The molecule has 1 fully saturated rings. The molecule has 0 unspecified atom stereocenters. The topological polar surface area (TPSA) is 37.4 Å². The average molecular weight is 217 g/mol. The van der Waals surface area contributed by atoms with Crippen LogP contribution in [0, 0.1) is 6.92 Å². The predicted molar refractivity (Wildman–Crippen MR) is 60.8 cm³/mol. The molecule has 84 valence electrons. The number of nitrogens with zero attached hydrogens (tertiary/aromatic N) is 1. The van der Waals surface area contributed by atoms with Gasteiger partial charge in [-0.3, -0.25) is 9.59 Å². The molecule has 1 saturated heterocycles. The van der Waals surface area contributed by atoms with Gasteiger partial charge in [0.1, 0.15) is 5.78 Å². The van der Waals surface area contributed by atoms with Crippen molar-refractivity contribution in [2.75, 3.05) is 6.54 Å². The smallest absolute Gasteiger partial charge is 0.230 e. The molecular weight excluding hydrogens is 202 g/mol. The average Bonchev–Trinajstić information content (AvgIpc) is 2.25. The Labute approximate surface area is 95.1 Å². The van der Waals surface area contributed by atoms with Crippen molar-refractivity contribution in [2.45, 2.75) is 26.3 Å². The molecule has 0 N–H and O–H groups in total. The number of rotatable bonds is 2. The highest BCUT2D eigenvalue weighted by Crippen LogP contribution is 2.14. The van der Waals surface area contributed by atoms with Gasteiger partial charge < -0.3 is 4.90 Å². The lowest BCUT2D eigenvalue weighted by molar-refractivity contribution is -0.139. The Balaban J connectivity index is 2.08. The van der Waals surface area contributed by atoms with Crippen molar-refractivity contribution in [1.29, 1.82) is 0 Å². The van der Waals surface area contributed by atoms with Crippen molar-refractivity contribution in [3.8, 4) is 0 Å². The highest BCUT2D eigenvalue weighted by Gasteiger charge is 2.23. The summed E-state index contributed by atoms with van der Waals surface area (Å²) in [6.07, 6.45) is 0.573. The van der Waals surface area contributed by atoms with Crippen LogP contribution in [-0.2, 0) is 16.1 Å². The normalized spacial score (nSPS) is 16.7. The zero-order valence-electron chi connectivity index (χ0n) is 9.40. The highest BCUT2D eigenvalue weighted by atomic mass is 16.2. The van der Waals surface area contributed by atoms with E-state index in [1.165, 1.54) is 5.56 Å². The van der Waals surface area contributed by atoms with Crippen LogP contribution in [0.1, 0.15) is 24.0 Å². The molecule has 0 atom stereocenters. The number of ketones is 1. The van der Waals surface area contributed by atoms with Gasteiger partial charge in [-0.15, -0.1) is 0 Å². The summed E-state index contributed by atoms with van der Waals surface area (Å²) in [6, 6.07) is 8.02. The van der Waals surface area contributed by atoms with Crippen LogP contribution in [0.5, 0.6) is 0 Å². The minimum absolute atomic E-state index is 0.0421. The number of hydrogen-bond donors (Lipinski definition) is 0. The molecule has 0 radical (unpaired) electrons. The molecule has 1 aliphatic rings. The van der Waals surface area contributed by atoms with E-state index in [4.69, 9.17) is 0 Å². The number of carbonyl (C=O) groups is 2. The van der Waals surface area contributed by atoms with Crippen molar-refractivity contribution < 1.29 is 9.59 Å². The Morgan fingerprint density at radius 1 is 1.25 bits per heavy atom. The molecule has 3 nitrogen and oxygen atoms in total. The first-order valence-electron chi connectivity index (χ1n) is 5.51. The number of amides is 1. The second kappa shape index (κ2) is 4.47. The summed E-state index contributed by atoms with van der Waals surface area (Å²) in [5.74, 6) is 0.0190. The third-order valence-corrected chi connectivity index (χ3v) is 2.98. The maximum absolute atomic E-state index is 11.6. The molecule has 16 heavy (non-hydrogen) atoms. The molecule has 1 amide bonds. The summed E-state index contributed by atoms with van der Waals surface area (Å²) in [5.41, 5.74) is 2.34. The summed E-state index contributed by atoms with van der Waals surface area (Å²) in [6.45, 7) is 3.22. The van der Waals surface area contributed by atoms with Crippen LogP contribution >= 0.6 is 0 Å². The van der Waals surface area contributed by atoms with Crippen molar-refractivity contribution in [3.63, 3.8) is 0 Å². The minimum atomic E-state index is -0.0421. The lowest BCUT2D eigenvalue weighted by Crippen LogP contribution is -2.38. The van der Waals surface area contributed by atoms with E-state index in [0.29, 0.717) is 19.5 Å². The van der Waals surface area contributed by atoms with Gasteiger partial charge in [0.05, 0.1) is 6.42 Å². The Kier molecular flexibility index (Phi) is 3.04. The molecule has 0 saturated carbocycles. The largest absolute Gasteiger partial charge is 0.338 e. The molecule has 1 aliphatic heterocycles. The molecular formula is C13H15NO2. The molecule has 1 heterocycles. The van der Waals surface area contributed by atoms with Crippen LogP contribution in [0.2, 0.25) is 0 Å². The van der Waals surface area contributed by atoms with Gasteiger partial charge in [-0.2, -0.15) is 0 Å². The number of piperidine rings is 1. The molecule has 1 aromatic rings. The van der Waals surface area contributed by atoms with E-state index in [9.17, 15) is 9.59 Å². The van der Waals surface area contributed by atoms with E-state index in [1.807, 2.05) is 31.2 Å². The van der Waals surface area contributed by atoms with E-state index in [2.05, 4.69) is 0 Å². The first kappa shape index (κ1) is 10.9. The fourth-order valence-corrected chi connectivity index (χ4v) is 1.91. The van der Waals surface area contributed by atoms with Crippen LogP contribution < -0.4 is 0 Å². The zero-order chi connectivity index (χ0) is 11.5. The van der Waals surface area contributed by atoms with Gasteiger partial charge in [-0.1, -0.05) is 24.3 Å². The summed E-state index contributed by atoms with van der Waals surface area (Å²) in [5, 5.41) is 0. The summed E-state index contributed by atoms with van der Waals surface area (Å²) in [7, 11) is 0. The van der Waals surface area contributed by atoms with Crippen molar-refractivity contribution in [3.05, 3.63) is 35.4 Å². The van der Waals surface area contributed by atoms with E-state index in [1.54, 1.807) is 4.90 Å². The van der Waals surface area contributed by atoms with Gasteiger partial charge in [0.2, 0.25) is 5.91 Å². The quantitative estimate of drug-likeness (QED) is 0.707. The Morgan fingerprint density at radius 2 is 2.00 bits per heavy atom. The first-order chi connectivity index (χ1) is 7.66. The number of benzene rings is 1. The maximum atomic E-state index is 11.6. The fourth-order valence-electron chi connectivity index (χ4n) is 1.91. The second-order valence-corrected chi connectivity index (χ2v) is 4.21. The van der Waals surface area contributed by atoms with Crippen LogP contribution in [0.25, 0.3) is 0 Å². The maximum Gasteiger partial charge on any atom is 0.230 e. The van der Waals surface area contributed by atoms with Gasteiger partial charge in [0.25, 0.3) is 0 Å². The van der Waals surface area contributed by atoms with Gasteiger partial charge >= 0.3 is 0 Å². The second-order valence-electron chi connectivity index (χ2n) is 4.21. The van der Waals surface area contributed by atoms with Gasteiger partial charge in [0, 0.05) is 19.5 Å².